The van der Waals surface area contributed by atoms with Crippen molar-refractivity contribution >= 4 is 35.3 Å². The van der Waals surface area contributed by atoms with E-state index in [1.165, 1.54) is 42.5 Å². The molecule has 182 valence electrons. The highest BCUT2D eigenvalue weighted by Crippen LogP contribution is 2.24. The molecule has 36 heavy (non-hydrogen) atoms. The summed E-state index contributed by atoms with van der Waals surface area (Å²) >= 11 is 0. The largest absolute Gasteiger partial charge is 0.488 e. The average Bonchev–Trinajstić information content (AvgIpc) is 3.12. The normalized spacial score (nSPS) is 14.0. The number of amides is 4. The van der Waals surface area contributed by atoms with Crippen molar-refractivity contribution in [2.75, 3.05) is 11.9 Å². The number of imide groups is 1. The number of nitro groups is 1. The first-order valence-electron chi connectivity index (χ1n) is 10.7. The lowest BCUT2D eigenvalue weighted by molar-refractivity contribution is -0.384. The van der Waals surface area contributed by atoms with Gasteiger partial charge in [-0.15, -0.1) is 0 Å². The van der Waals surface area contributed by atoms with E-state index in [0.717, 1.165) is 0 Å². The molecule has 1 aliphatic rings. The molecule has 1 aliphatic heterocycles. The van der Waals surface area contributed by atoms with E-state index in [9.17, 15) is 28.9 Å². The number of ether oxygens (including phenoxy) is 1. The van der Waals surface area contributed by atoms with Gasteiger partial charge >= 0.3 is 6.03 Å². The highest BCUT2D eigenvalue weighted by atomic mass is 19.1. The van der Waals surface area contributed by atoms with Crippen LogP contribution in [0, 0.1) is 15.9 Å². The zero-order valence-corrected chi connectivity index (χ0v) is 18.6. The van der Waals surface area contributed by atoms with Crippen LogP contribution in [0.2, 0.25) is 0 Å². The lowest BCUT2D eigenvalue weighted by Gasteiger charge is -2.12. The summed E-state index contributed by atoms with van der Waals surface area (Å²) in [6.07, 6.45) is 1.40. The van der Waals surface area contributed by atoms with Gasteiger partial charge in [0.05, 0.1) is 10.6 Å². The topological polar surface area (TPSA) is 131 Å². The molecule has 3 aromatic rings. The van der Waals surface area contributed by atoms with E-state index >= 15 is 0 Å². The summed E-state index contributed by atoms with van der Waals surface area (Å²) in [4.78, 5) is 48.6. The number of rotatable bonds is 8. The standard InChI is InChI=1S/C25H19FN4O6/c26-19-9-2-3-10-20(19)27-23(31)14-29-24(32)21(28-25(29)33)13-17-7-1-4-11-22(17)36-15-16-6-5-8-18(12-16)30(34)35/h1-13H,14-15H2,(H,27,31)(H,28,33)/b21-13+. The summed E-state index contributed by atoms with van der Waals surface area (Å²) < 4.78 is 19.6. The predicted octanol–water partition coefficient (Wildman–Crippen LogP) is 3.84. The minimum atomic E-state index is -0.801. The van der Waals surface area contributed by atoms with E-state index in [0.29, 0.717) is 21.8 Å². The van der Waals surface area contributed by atoms with Crippen molar-refractivity contribution in [3.8, 4) is 5.75 Å². The number of hydrogen-bond acceptors (Lipinski definition) is 6. The molecule has 1 fully saturated rings. The molecule has 0 aliphatic carbocycles. The zero-order valence-electron chi connectivity index (χ0n) is 18.6. The number of anilines is 1. The molecule has 3 aromatic carbocycles. The Bertz CT molecular complexity index is 1390. The van der Waals surface area contributed by atoms with Gasteiger partial charge in [-0.25, -0.2) is 14.1 Å². The fraction of sp³-hybridized carbons (Fsp3) is 0.0800. The lowest BCUT2D eigenvalue weighted by Crippen LogP contribution is -2.38. The number of hydrogen-bond donors (Lipinski definition) is 2. The van der Waals surface area contributed by atoms with Crippen LogP contribution in [0.3, 0.4) is 0 Å². The van der Waals surface area contributed by atoms with Crippen LogP contribution in [0.4, 0.5) is 20.6 Å². The van der Waals surface area contributed by atoms with Crippen molar-refractivity contribution in [3.63, 3.8) is 0 Å². The van der Waals surface area contributed by atoms with E-state index in [1.54, 1.807) is 36.4 Å². The SMILES string of the molecule is O=C(CN1C(=O)N/C(=C/c2ccccc2OCc2cccc([N+](=O)[O-])c2)C1=O)Nc1ccccc1F. The van der Waals surface area contributed by atoms with E-state index < -0.39 is 35.1 Å². The fourth-order valence-electron chi connectivity index (χ4n) is 3.42. The van der Waals surface area contributed by atoms with E-state index in [4.69, 9.17) is 4.74 Å². The Hall–Kier alpha value is -5.06. The summed E-state index contributed by atoms with van der Waals surface area (Å²) in [5, 5.41) is 15.7. The third kappa shape index (κ3) is 5.53. The molecular formula is C25H19FN4O6. The summed E-state index contributed by atoms with van der Waals surface area (Å²) in [5.41, 5.74) is 0.823. The highest BCUT2D eigenvalue weighted by Gasteiger charge is 2.35. The number of urea groups is 1. The minimum absolute atomic E-state index is 0.0323. The zero-order chi connectivity index (χ0) is 25.7. The smallest absolute Gasteiger partial charge is 0.329 e. The molecule has 2 N–H and O–H groups in total. The Morgan fingerprint density at radius 2 is 1.83 bits per heavy atom. The molecular weight excluding hydrogens is 471 g/mol. The molecule has 11 heteroatoms. The van der Waals surface area contributed by atoms with Crippen LogP contribution in [-0.2, 0) is 16.2 Å². The van der Waals surface area contributed by atoms with E-state index in [2.05, 4.69) is 10.6 Å². The van der Waals surface area contributed by atoms with Gasteiger partial charge in [-0.3, -0.25) is 19.7 Å². The highest BCUT2D eigenvalue weighted by molar-refractivity contribution is 6.16. The van der Waals surface area contributed by atoms with Gasteiger partial charge in [-0.2, -0.15) is 0 Å². The second-order valence-corrected chi connectivity index (χ2v) is 7.66. The van der Waals surface area contributed by atoms with Crippen molar-refractivity contribution in [2.45, 2.75) is 6.61 Å². The predicted molar refractivity (Wildman–Crippen MR) is 127 cm³/mol. The van der Waals surface area contributed by atoms with Crippen molar-refractivity contribution in [1.82, 2.24) is 10.2 Å². The molecule has 0 spiro atoms. The van der Waals surface area contributed by atoms with Gasteiger partial charge in [0.1, 0.15) is 30.4 Å². The van der Waals surface area contributed by atoms with Crippen molar-refractivity contribution in [2.24, 2.45) is 0 Å². The second kappa shape index (κ2) is 10.5. The van der Waals surface area contributed by atoms with Gasteiger partial charge in [0.25, 0.3) is 11.6 Å². The molecule has 1 saturated heterocycles. The van der Waals surface area contributed by atoms with Crippen LogP contribution in [0.5, 0.6) is 5.75 Å². The first-order valence-corrected chi connectivity index (χ1v) is 10.7. The number of carbonyl (C=O) groups is 3. The van der Waals surface area contributed by atoms with Gasteiger partial charge in [-0.05, 0) is 29.8 Å². The molecule has 0 unspecified atom stereocenters. The maximum atomic E-state index is 13.8. The Kier molecular flexibility index (Phi) is 7.00. The first-order chi connectivity index (χ1) is 17.3. The summed E-state index contributed by atoms with van der Waals surface area (Å²) in [6.45, 7) is -0.578. The second-order valence-electron chi connectivity index (χ2n) is 7.66. The lowest BCUT2D eigenvalue weighted by atomic mass is 10.1. The van der Waals surface area contributed by atoms with Crippen LogP contribution in [-0.4, -0.2) is 34.2 Å². The number of nitro benzene ring substituents is 1. The Morgan fingerprint density at radius 1 is 1.08 bits per heavy atom. The molecule has 4 rings (SSSR count). The summed E-state index contributed by atoms with van der Waals surface area (Å²) in [6, 6.07) is 17.4. The monoisotopic (exact) mass is 490 g/mol. The van der Waals surface area contributed by atoms with Crippen molar-refractivity contribution in [3.05, 3.63) is 106 Å². The maximum absolute atomic E-state index is 13.8. The Labute approximate surface area is 204 Å². The number of para-hydroxylation sites is 2. The van der Waals surface area contributed by atoms with Crippen LogP contribution < -0.4 is 15.4 Å². The van der Waals surface area contributed by atoms with Gasteiger partial charge in [0.15, 0.2) is 0 Å². The van der Waals surface area contributed by atoms with Crippen LogP contribution in [0.15, 0.2) is 78.5 Å². The van der Waals surface area contributed by atoms with Crippen LogP contribution in [0.1, 0.15) is 11.1 Å². The molecule has 0 saturated carbocycles. The van der Waals surface area contributed by atoms with Gasteiger partial charge in [-0.1, -0.05) is 42.5 Å². The number of carbonyl (C=O) groups excluding carboxylic acids is 3. The Morgan fingerprint density at radius 3 is 2.61 bits per heavy atom. The van der Waals surface area contributed by atoms with Gasteiger partial charge in [0, 0.05) is 17.7 Å². The van der Waals surface area contributed by atoms with Crippen LogP contribution in [0.25, 0.3) is 6.08 Å². The third-order valence-electron chi connectivity index (χ3n) is 5.15. The Balaban J connectivity index is 1.46. The first kappa shape index (κ1) is 24.1. The number of non-ortho nitro benzene ring substituents is 1. The maximum Gasteiger partial charge on any atom is 0.329 e. The summed E-state index contributed by atoms with van der Waals surface area (Å²) in [5.74, 6) is -1.76. The fourth-order valence-corrected chi connectivity index (χ4v) is 3.42. The molecule has 0 bridgehead atoms. The number of benzene rings is 3. The molecule has 1 heterocycles. The van der Waals surface area contributed by atoms with Gasteiger partial charge < -0.3 is 15.4 Å². The molecule has 10 nitrogen and oxygen atoms in total. The van der Waals surface area contributed by atoms with Crippen molar-refractivity contribution in [1.29, 1.82) is 0 Å². The number of nitrogens with one attached hydrogen (secondary N) is 2. The quantitative estimate of drug-likeness (QED) is 0.214. The minimum Gasteiger partial charge on any atom is -0.488 e. The number of nitrogens with zero attached hydrogens (tertiary/aromatic N) is 2. The average molecular weight is 490 g/mol. The van der Waals surface area contributed by atoms with Crippen LogP contribution >= 0.6 is 0 Å². The van der Waals surface area contributed by atoms with Gasteiger partial charge in [0.2, 0.25) is 5.91 Å². The number of halogens is 1. The van der Waals surface area contributed by atoms with E-state index in [-0.39, 0.29) is 23.7 Å². The van der Waals surface area contributed by atoms with E-state index in [1.807, 2.05) is 0 Å². The van der Waals surface area contributed by atoms with Crippen molar-refractivity contribution < 1.29 is 28.4 Å². The summed E-state index contributed by atoms with van der Waals surface area (Å²) in [7, 11) is 0. The third-order valence-corrected chi connectivity index (χ3v) is 5.15. The molecule has 0 radical (unpaired) electrons. The molecule has 0 atom stereocenters. The molecule has 0 aromatic heterocycles. The molecule has 4 amide bonds.